The molecular weight excluding hydrogens is 338 g/mol. The first-order chi connectivity index (χ1) is 11.8. The van der Waals surface area contributed by atoms with Gasteiger partial charge in [-0.15, -0.1) is 0 Å². The second kappa shape index (κ2) is 6.50. The predicted octanol–water partition coefficient (Wildman–Crippen LogP) is 3.71. The van der Waals surface area contributed by atoms with Crippen LogP contribution in [0.15, 0.2) is 30.3 Å². The van der Waals surface area contributed by atoms with Gasteiger partial charge < -0.3 is 4.90 Å². The van der Waals surface area contributed by atoms with Crippen molar-refractivity contribution in [1.82, 2.24) is 14.7 Å². The Balaban J connectivity index is 1.76. The number of carbonyl (C=O) groups excluding carboxylic acids is 1. The molecule has 1 aliphatic rings. The van der Waals surface area contributed by atoms with E-state index in [1.165, 1.54) is 19.1 Å². The molecule has 134 valence electrons. The molecule has 1 fully saturated rings. The summed E-state index contributed by atoms with van der Waals surface area (Å²) in [6.45, 7) is 1.75. The fraction of sp³-hybridized carbons (Fsp3) is 0.412. The molecule has 3 rings (SSSR count). The predicted molar refractivity (Wildman–Crippen MR) is 82.1 cm³/mol. The highest BCUT2D eigenvalue weighted by molar-refractivity contribution is 5.77. The number of alkyl halides is 3. The topological polar surface area (TPSA) is 38.1 Å². The van der Waals surface area contributed by atoms with E-state index in [0.717, 1.165) is 29.2 Å². The van der Waals surface area contributed by atoms with Gasteiger partial charge in [0.1, 0.15) is 12.4 Å². The number of aromatic nitrogens is 2. The minimum atomic E-state index is -4.54. The number of rotatable bonds is 3. The lowest BCUT2D eigenvalue weighted by Gasteiger charge is -2.25. The minimum Gasteiger partial charge on any atom is -0.334 e. The number of hydrogen-bond donors (Lipinski definition) is 0. The Morgan fingerprint density at radius 3 is 2.56 bits per heavy atom. The van der Waals surface area contributed by atoms with Gasteiger partial charge in [-0.25, -0.2) is 4.39 Å². The van der Waals surface area contributed by atoms with Crippen LogP contribution in [0.5, 0.6) is 0 Å². The van der Waals surface area contributed by atoms with Gasteiger partial charge in [0, 0.05) is 12.2 Å². The Morgan fingerprint density at radius 2 is 1.96 bits per heavy atom. The molecule has 25 heavy (non-hydrogen) atoms. The first kappa shape index (κ1) is 17.4. The van der Waals surface area contributed by atoms with Crippen molar-refractivity contribution >= 4 is 5.91 Å². The summed E-state index contributed by atoms with van der Waals surface area (Å²) in [6, 6.07) is 6.67. The highest BCUT2D eigenvalue weighted by Crippen LogP contribution is 2.32. The summed E-state index contributed by atoms with van der Waals surface area (Å²) in [5.74, 6) is -0.654. The van der Waals surface area contributed by atoms with E-state index in [9.17, 15) is 22.4 Å². The second-order valence-corrected chi connectivity index (χ2v) is 6.12. The SMILES string of the molecule is Cc1cc(C(F)(F)F)nn1CC(=O)N1CCC[C@H]1c1ccc(F)cc1. The molecule has 0 aliphatic carbocycles. The van der Waals surface area contributed by atoms with Crippen LogP contribution < -0.4 is 0 Å². The summed E-state index contributed by atoms with van der Waals surface area (Å²) < 4.78 is 52.4. The molecule has 0 radical (unpaired) electrons. The highest BCUT2D eigenvalue weighted by atomic mass is 19.4. The Kier molecular flexibility index (Phi) is 4.53. The molecule has 1 amide bonds. The largest absolute Gasteiger partial charge is 0.435 e. The summed E-state index contributed by atoms with van der Waals surface area (Å²) >= 11 is 0. The van der Waals surface area contributed by atoms with E-state index in [0.29, 0.717) is 6.54 Å². The van der Waals surface area contributed by atoms with E-state index in [1.54, 1.807) is 17.0 Å². The molecule has 1 aromatic heterocycles. The molecule has 0 spiro atoms. The van der Waals surface area contributed by atoms with Gasteiger partial charge in [0.05, 0.1) is 6.04 Å². The maximum absolute atomic E-state index is 13.1. The Labute approximate surface area is 142 Å². The summed E-state index contributed by atoms with van der Waals surface area (Å²) in [6.07, 6.45) is -3.01. The van der Waals surface area contributed by atoms with Crippen LogP contribution in [0, 0.1) is 12.7 Å². The fourth-order valence-electron chi connectivity index (χ4n) is 3.12. The number of halogens is 4. The number of nitrogens with zero attached hydrogens (tertiary/aromatic N) is 3. The Hall–Kier alpha value is -2.38. The zero-order valence-corrected chi connectivity index (χ0v) is 13.6. The van der Waals surface area contributed by atoms with E-state index in [1.807, 2.05) is 0 Å². The molecule has 8 heteroatoms. The van der Waals surface area contributed by atoms with Crippen LogP contribution in [0.3, 0.4) is 0 Å². The molecule has 1 saturated heterocycles. The summed E-state index contributed by atoms with van der Waals surface area (Å²) in [5, 5.41) is 3.50. The highest BCUT2D eigenvalue weighted by Gasteiger charge is 2.35. The van der Waals surface area contributed by atoms with Gasteiger partial charge in [0.25, 0.3) is 0 Å². The average molecular weight is 355 g/mol. The van der Waals surface area contributed by atoms with Gasteiger partial charge in [-0.2, -0.15) is 18.3 Å². The quantitative estimate of drug-likeness (QED) is 0.787. The molecule has 4 nitrogen and oxygen atoms in total. The third kappa shape index (κ3) is 3.67. The maximum Gasteiger partial charge on any atom is 0.435 e. The normalized spacial score (nSPS) is 18.0. The lowest BCUT2D eigenvalue weighted by Crippen LogP contribution is -2.34. The van der Waals surface area contributed by atoms with E-state index in [2.05, 4.69) is 5.10 Å². The first-order valence-electron chi connectivity index (χ1n) is 7.92. The van der Waals surface area contributed by atoms with E-state index < -0.39 is 11.9 Å². The molecule has 2 aromatic rings. The smallest absolute Gasteiger partial charge is 0.334 e. The van der Waals surface area contributed by atoms with Gasteiger partial charge in [-0.05, 0) is 43.5 Å². The zero-order chi connectivity index (χ0) is 18.2. The van der Waals surface area contributed by atoms with Gasteiger partial charge in [-0.1, -0.05) is 12.1 Å². The van der Waals surface area contributed by atoms with Crippen LogP contribution >= 0.6 is 0 Å². The number of carbonyl (C=O) groups is 1. The molecular formula is C17H17F4N3O. The van der Waals surface area contributed by atoms with Crippen LogP contribution in [0.1, 0.15) is 35.8 Å². The van der Waals surface area contributed by atoms with Crippen LogP contribution in [0.2, 0.25) is 0 Å². The van der Waals surface area contributed by atoms with Crippen molar-refractivity contribution < 1.29 is 22.4 Å². The number of benzene rings is 1. The van der Waals surface area contributed by atoms with Gasteiger partial charge >= 0.3 is 6.18 Å². The van der Waals surface area contributed by atoms with Crippen molar-refractivity contribution in [3.05, 3.63) is 53.1 Å². The number of hydrogen-bond acceptors (Lipinski definition) is 2. The fourth-order valence-corrected chi connectivity index (χ4v) is 3.12. The van der Waals surface area contributed by atoms with Crippen molar-refractivity contribution in [2.24, 2.45) is 0 Å². The second-order valence-electron chi connectivity index (χ2n) is 6.12. The Morgan fingerprint density at radius 1 is 1.28 bits per heavy atom. The number of amides is 1. The summed E-state index contributed by atoms with van der Waals surface area (Å²) in [5.41, 5.74) is 0.0907. The van der Waals surface area contributed by atoms with Crippen LogP contribution in [-0.4, -0.2) is 27.1 Å². The van der Waals surface area contributed by atoms with Crippen molar-refractivity contribution in [2.45, 2.75) is 38.5 Å². The van der Waals surface area contributed by atoms with Crippen molar-refractivity contribution in [1.29, 1.82) is 0 Å². The molecule has 1 aromatic carbocycles. The van der Waals surface area contributed by atoms with Gasteiger partial charge in [0.15, 0.2) is 5.69 Å². The van der Waals surface area contributed by atoms with Crippen molar-refractivity contribution in [3.8, 4) is 0 Å². The average Bonchev–Trinajstić information content (AvgIpc) is 3.15. The summed E-state index contributed by atoms with van der Waals surface area (Å²) in [7, 11) is 0. The van der Waals surface area contributed by atoms with E-state index in [-0.39, 0.29) is 30.0 Å². The van der Waals surface area contributed by atoms with E-state index in [4.69, 9.17) is 0 Å². The third-order valence-corrected chi connectivity index (χ3v) is 4.38. The van der Waals surface area contributed by atoms with Crippen LogP contribution in [0.25, 0.3) is 0 Å². The third-order valence-electron chi connectivity index (χ3n) is 4.38. The molecule has 1 atom stereocenters. The van der Waals surface area contributed by atoms with Gasteiger partial charge in [-0.3, -0.25) is 9.48 Å². The molecule has 1 aliphatic heterocycles. The summed E-state index contributed by atoms with van der Waals surface area (Å²) in [4.78, 5) is 14.2. The molecule has 0 N–H and O–H groups in total. The lowest BCUT2D eigenvalue weighted by atomic mass is 10.0. The molecule has 0 bridgehead atoms. The Bertz CT molecular complexity index is 767. The maximum atomic E-state index is 13.1. The zero-order valence-electron chi connectivity index (χ0n) is 13.6. The molecule has 0 saturated carbocycles. The van der Waals surface area contributed by atoms with Gasteiger partial charge in [0.2, 0.25) is 5.91 Å². The number of aryl methyl sites for hydroxylation is 1. The van der Waals surface area contributed by atoms with Crippen molar-refractivity contribution in [2.75, 3.05) is 6.54 Å². The minimum absolute atomic E-state index is 0.189. The lowest BCUT2D eigenvalue weighted by molar-refractivity contribution is -0.142. The standard InChI is InChI=1S/C17H17F4N3O/c1-11-9-15(17(19,20)21)22-24(11)10-16(25)23-8-2-3-14(23)12-4-6-13(18)7-5-12/h4-7,9,14H,2-3,8,10H2,1H3/t14-/m0/s1. The first-order valence-corrected chi connectivity index (χ1v) is 7.92. The molecule has 0 unspecified atom stereocenters. The van der Waals surface area contributed by atoms with Crippen molar-refractivity contribution in [3.63, 3.8) is 0 Å². The number of likely N-dealkylation sites (tertiary alicyclic amines) is 1. The molecule has 2 heterocycles. The van der Waals surface area contributed by atoms with Crippen LogP contribution in [-0.2, 0) is 17.5 Å². The van der Waals surface area contributed by atoms with Crippen LogP contribution in [0.4, 0.5) is 17.6 Å². The van der Waals surface area contributed by atoms with E-state index >= 15 is 0 Å². The monoisotopic (exact) mass is 355 g/mol.